The molecule has 0 amide bonds. The molecule has 6 nitrogen and oxygen atoms in total. The Bertz CT molecular complexity index is 840. The Labute approximate surface area is 125 Å². The molecule has 0 atom stereocenters. The molecular formula is C16H12N2O4. The summed E-state index contributed by atoms with van der Waals surface area (Å²) in [6.07, 6.45) is 2.07. The van der Waals surface area contributed by atoms with Crippen molar-refractivity contribution in [3.63, 3.8) is 0 Å². The number of carboxylic acids is 1. The molecule has 6 heteroatoms. The monoisotopic (exact) mass is 296 g/mol. The number of rotatable bonds is 5. The summed E-state index contributed by atoms with van der Waals surface area (Å²) >= 11 is 0. The van der Waals surface area contributed by atoms with Gasteiger partial charge in [0, 0.05) is 0 Å². The van der Waals surface area contributed by atoms with Gasteiger partial charge in [-0.15, -0.1) is 0 Å². The molecule has 110 valence electrons. The Balaban J connectivity index is 1.92. The molecule has 1 N–H and O–H groups in total. The third-order valence-corrected chi connectivity index (χ3v) is 3.19. The Morgan fingerprint density at radius 2 is 2.00 bits per heavy atom. The molecule has 0 aliphatic rings. The largest absolute Gasteiger partial charge is 0.487 e. The van der Waals surface area contributed by atoms with Gasteiger partial charge in [-0.3, -0.25) is 9.20 Å². The summed E-state index contributed by atoms with van der Waals surface area (Å²) in [4.78, 5) is 26.0. The van der Waals surface area contributed by atoms with Crippen molar-refractivity contribution in [2.75, 3.05) is 0 Å². The Kier molecular flexibility index (Phi) is 3.57. The van der Waals surface area contributed by atoms with Crippen molar-refractivity contribution in [2.45, 2.75) is 6.61 Å². The quantitative estimate of drug-likeness (QED) is 0.731. The van der Waals surface area contributed by atoms with Crippen LogP contribution in [0.3, 0.4) is 0 Å². The number of benzene rings is 1. The predicted molar refractivity (Wildman–Crippen MR) is 78.3 cm³/mol. The van der Waals surface area contributed by atoms with Crippen LogP contribution in [0.1, 0.15) is 26.7 Å². The molecule has 0 spiro atoms. The lowest BCUT2D eigenvalue weighted by molar-refractivity contribution is 0.0693. The smallest absolute Gasteiger partial charge is 0.356 e. The van der Waals surface area contributed by atoms with E-state index >= 15 is 0 Å². The van der Waals surface area contributed by atoms with Crippen molar-refractivity contribution in [1.82, 2.24) is 9.38 Å². The zero-order valence-corrected chi connectivity index (χ0v) is 11.5. The third kappa shape index (κ3) is 2.54. The molecule has 0 unspecified atom stereocenters. The number of pyridine rings is 1. The maximum atomic E-state index is 11.1. The molecule has 3 rings (SSSR count). The van der Waals surface area contributed by atoms with E-state index in [-0.39, 0.29) is 11.5 Å². The van der Waals surface area contributed by atoms with Crippen LogP contribution in [0.15, 0.2) is 48.7 Å². The van der Waals surface area contributed by atoms with Crippen molar-refractivity contribution >= 4 is 17.8 Å². The van der Waals surface area contributed by atoms with Crippen LogP contribution in [0, 0.1) is 0 Å². The van der Waals surface area contributed by atoms with E-state index in [1.54, 1.807) is 18.3 Å². The van der Waals surface area contributed by atoms with Crippen LogP contribution in [0.4, 0.5) is 0 Å². The molecule has 3 aromatic rings. The van der Waals surface area contributed by atoms with E-state index in [4.69, 9.17) is 9.84 Å². The minimum atomic E-state index is -1.18. The fourth-order valence-corrected chi connectivity index (χ4v) is 2.16. The molecule has 0 aliphatic heterocycles. The normalized spacial score (nSPS) is 10.5. The van der Waals surface area contributed by atoms with E-state index < -0.39 is 5.97 Å². The second-order valence-electron chi connectivity index (χ2n) is 4.64. The van der Waals surface area contributed by atoms with Gasteiger partial charge in [-0.05, 0) is 17.7 Å². The highest BCUT2D eigenvalue weighted by Crippen LogP contribution is 2.19. The van der Waals surface area contributed by atoms with Gasteiger partial charge in [0.2, 0.25) is 0 Å². The van der Waals surface area contributed by atoms with Gasteiger partial charge in [-0.1, -0.05) is 30.3 Å². The first-order chi connectivity index (χ1) is 10.7. The van der Waals surface area contributed by atoms with Gasteiger partial charge in [-0.2, -0.15) is 0 Å². The van der Waals surface area contributed by atoms with Crippen LogP contribution in [0.25, 0.3) is 5.52 Å². The molecule has 2 heterocycles. The fourth-order valence-electron chi connectivity index (χ4n) is 2.16. The van der Waals surface area contributed by atoms with Crippen molar-refractivity contribution in [1.29, 1.82) is 0 Å². The highest BCUT2D eigenvalue weighted by molar-refractivity contribution is 5.95. The van der Waals surface area contributed by atoms with Gasteiger partial charge >= 0.3 is 5.97 Å². The molecule has 1 aromatic carbocycles. The summed E-state index contributed by atoms with van der Waals surface area (Å²) in [7, 11) is 0. The zero-order valence-electron chi connectivity index (χ0n) is 11.5. The van der Waals surface area contributed by atoms with E-state index in [2.05, 4.69) is 4.98 Å². The van der Waals surface area contributed by atoms with Crippen LogP contribution < -0.4 is 4.74 Å². The SMILES string of the molecule is O=Cc1nc(C(=O)O)c2ccc(OCc3ccccc3)cn12. The average molecular weight is 296 g/mol. The first-order valence-electron chi connectivity index (χ1n) is 6.56. The Morgan fingerprint density at radius 1 is 1.23 bits per heavy atom. The van der Waals surface area contributed by atoms with Gasteiger partial charge in [0.1, 0.15) is 12.4 Å². The number of ether oxygens (including phenoxy) is 1. The summed E-state index contributed by atoms with van der Waals surface area (Å²) in [6.45, 7) is 0.378. The molecular weight excluding hydrogens is 284 g/mol. The Hall–Kier alpha value is -3.15. The number of carbonyl (C=O) groups is 2. The van der Waals surface area contributed by atoms with Crippen LogP contribution in [-0.4, -0.2) is 26.7 Å². The van der Waals surface area contributed by atoms with Gasteiger partial charge in [0.15, 0.2) is 17.8 Å². The van der Waals surface area contributed by atoms with E-state index in [0.29, 0.717) is 24.2 Å². The number of aromatic nitrogens is 2. The number of nitrogens with zero attached hydrogens (tertiary/aromatic N) is 2. The van der Waals surface area contributed by atoms with Gasteiger partial charge in [0.05, 0.1) is 11.7 Å². The average Bonchev–Trinajstić information content (AvgIpc) is 2.92. The molecule has 0 saturated carbocycles. The molecule has 22 heavy (non-hydrogen) atoms. The Morgan fingerprint density at radius 3 is 2.68 bits per heavy atom. The minimum absolute atomic E-state index is 0.0255. The van der Waals surface area contributed by atoms with Gasteiger partial charge < -0.3 is 9.84 Å². The summed E-state index contributed by atoms with van der Waals surface area (Å²) in [5.74, 6) is -0.630. The summed E-state index contributed by atoms with van der Waals surface area (Å²) < 4.78 is 7.07. The van der Waals surface area contributed by atoms with Crippen molar-refractivity contribution in [3.05, 3.63) is 65.7 Å². The summed E-state index contributed by atoms with van der Waals surface area (Å²) in [5.41, 5.74) is 1.20. The maximum absolute atomic E-state index is 11.1. The molecule has 0 radical (unpaired) electrons. The van der Waals surface area contributed by atoms with Crippen molar-refractivity contribution < 1.29 is 19.4 Å². The number of imidazole rings is 1. The first kappa shape index (κ1) is 13.8. The van der Waals surface area contributed by atoms with Crippen LogP contribution in [0.2, 0.25) is 0 Å². The number of aldehydes is 1. The van der Waals surface area contributed by atoms with E-state index in [0.717, 1.165) is 5.56 Å². The fraction of sp³-hybridized carbons (Fsp3) is 0.0625. The number of hydrogen-bond donors (Lipinski definition) is 1. The standard InChI is InChI=1S/C16H12N2O4/c19-9-14-17-15(16(20)21)13-7-6-12(8-18(13)14)22-10-11-4-2-1-3-5-11/h1-9H,10H2,(H,20,21). The number of aromatic carboxylic acids is 1. The lowest BCUT2D eigenvalue weighted by Gasteiger charge is -2.07. The third-order valence-electron chi connectivity index (χ3n) is 3.19. The molecule has 0 saturated heterocycles. The number of hydrogen-bond acceptors (Lipinski definition) is 4. The van der Waals surface area contributed by atoms with Crippen LogP contribution in [0.5, 0.6) is 5.75 Å². The summed E-state index contributed by atoms with van der Waals surface area (Å²) in [5, 5.41) is 9.09. The highest BCUT2D eigenvalue weighted by Gasteiger charge is 2.16. The molecule has 0 bridgehead atoms. The predicted octanol–water partition coefficient (Wildman–Crippen LogP) is 2.42. The molecule has 0 fully saturated rings. The van der Waals surface area contributed by atoms with Gasteiger partial charge in [0.25, 0.3) is 0 Å². The number of fused-ring (bicyclic) bond motifs is 1. The van der Waals surface area contributed by atoms with Crippen molar-refractivity contribution in [3.8, 4) is 5.75 Å². The minimum Gasteiger partial charge on any atom is -0.487 e. The van der Waals surface area contributed by atoms with Crippen LogP contribution in [-0.2, 0) is 6.61 Å². The number of carboxylic acid groups (broad SMARTS) is 1. The van der Waals surface area contributed by atoms with E-state index in [1.807, 2.05) is 30.3 Å². The molecule has 2 aromatic heterocycles. The highest BCUT2D eigenvalue weighted by atomic mass is 16.5. The summed E-state index contributed by atoms with van der Waals surface area (Å²) in [6, 6.07) is 12.9. The second-order valence-corrected chi connectivity index (χ2v) is 4.64. The van der Waals surface area contributed by atoms with Crippen LogP contribution >= 0.6 is 0 Å². The van der Waals surface area contributed by atoms with E-state index in [1.165, 1.54) is 4.40 Å². The zero-order chi connectivity index (χ0) is 15.5. The lowest BCUT2D eigenvalue weighted by atomic mass is 10.2. The maximum Gasteiger partial charge on any atom is 0.356 e. The van der Waals surface area contributed by atoms with E-state index in [9.17, 15) is 9.59 Å². The lowest BCUT2D eigenvalue weighted by Crippen LogP contribution is -1.99. The van der Waals surface area contributed by atoms with Gasteiger partial charge in [-0.25, -0.2) is 9.78 Å². The first-order valence-corrected chi connectivity index (χ1v) is 6.56. The molecule has 0 aliphatic carbocycles. The topological polar surface area (TPSA) is 80.9 Å². The van der Waals surface area contributed by atoms with Crippen molar-refractivity contribution in [2.24, 2.45) is 0 Å². The number of carbonyl (C=O) groups excluding carboxylic acids is 1. The second kappa shape index (κ2) is 5.69.